The number of halogens is 2. The summed E-state index contributed by atoms with van der Waals surface area (Å²) in [6.07, 6.45) is 1.32. The third kappa shape index (κ3) is 3.26. The van der Waals surface area contributed by atoms with Gasteiger partial charge in [0.2, 0.25) is 5.89 Å². The van der Waals surface area contributed by atoms with Crippen LogP contribution in [0.4, 0.5) is 10.4 Å². The number of nitrogens with one attached hydrogen (secondary N) is 1. The van der Waals surface area contributed by atoms with Crippen molar-refractivity contribution < 1.29 is 17.2 Å². The van der Waals surface area contributed by atoms with Crippen LogP contribution in [0, 0.1) is 5.82 Å². The van der Waals surface area contributed by atoms with Gasteiger partial charge in [-0.05, 0) is 24.6 Å². The van der Waals surface area contributed by atoms with E-state index in [0.717, 1.165) is 24.6 Å². The highest BCUT2D eigenvalue weighted by atomic mass is 35.5. The third-order valence-electron chi connectivity index (χ3n) is 2.34. The normalized spacial score (nSPS) is 11.6. The SMILES string of the molecule is CCCc1nnc(NS(=O)(=O)c2cc(F)ccc2Cl)o1. The highest BCUT2D eigenvalue weighted by molar-refractivity contribution is 7.92. The monoisotopic (exact) mass is 319 g/mol. The van der Waals surface area contributed by atoms with Gasteiger partial charge in [0, 0.05) is 6.42 Å². The summed E-state index contributed by atoms with van der Waals surface area (Å²) >= 11 is 5.75. The zero-order valence-electron chi connectivity index (χ0n) is 10.4. The summed E-state index contributed by atoms with van der Waals surface area (Å²) in [6.45, 7) is 1.92. The van der Waals surface area contributed by atoms with Gasteiger partial charge >= 0.3 is 6.01 Å². The van der Waals surface area contributed by atoms with Crippen LogP contribution in [0.3, 0.4) is 0 Å². The van der Waals surface area contributed by atoms with Crippen LogP contribution >= 0.6 is 11.6 Å². The lowest BCUT2D eigenvalue weighted by Gasteiger charge is -2.05. The first-order valence-corrected chi connectivity index (χ1v) is 7.58. The maximum Gasteiger partial charge on any atom is 0.329 e. The number of rotatable bonds is 5. The highest BCUT2D eigenvalue weighted by Gasteiger charge is 2.21. The number of aromatic nitrogens is 2. The second-order valence-electron chi connectivity index (χ2n) is 3.93. The fraction of sp³-hybridized carbons (Fsp3) is 0.273. The van der Waals surface area contributed by atoms with Gasteiger partial charge < -0.3 is 4.42 Å². The van der Waals surface area contributed by atoms with Crippen molar-refractivity contribution >= 4 is 27.6 Å². The molecule has 20 heavy (non-hydrogen) atoms. The van der Waals surface area contributed by atoms with Crippen LogP contribution in [-0.2, 0) is 16.4 Å². The van der Waals surface area contributed by atoms with Gasteiger partial charge in [0.1, 0.15) is 10.7 Å². The summed E-state index contributed by atoms with van der Waals surface area (Å²) in [7, 11) is -4.09. The Kier molecular flexibility index (Phi) is 4.24. The van der Waals surface area contributed by atoms with Gasteiger partial charge in [0.05, 0.1) is 5.02 Å². The summed E-state index contributed by atoms with van der Waals surface area (Å²) in [5, 5.41) is 7.12. The van der Waals surface area contributed by atoms with Crippen molar-refractivity contribution in [2.45, 2.75) is 24.7 Å². The molecule has 2 aromatic rings. The third-order valence-corrected chi connectivity index (χ3v) is 4.14. The molecule has 108 valence electrons. The standard InChI is InChI=1S/C11H11ClFN3O3S/c1-2-3-10-14-15-11(19-10)16-20(17,18)9-6-7(13)4-5-8(9)12/h4-6H,2-3H2,1H3,(H,15,16). The molecule has 0 aliphatic heterocycles. The van der Waals surface area contributed by atoms with Crippen molar-refractivity contribution in [3.63, 3.8) is 0 Å². The largest absolute Gasteiger partial charge is 0.407 e. The molecule has 0 atom stereocenters. The molecule has 6 nitrogen and oxygen atoms in total. The molecule has 0 aliphatic rings. The summed E-state index contributed by atoms with van der Waals surface area (Å²) in [6, 6.07) is 2.75. The number of sulfonamides is 1. The second kappa shape index (κ2) is 5.76. The van der Waals surface area contributed by atoms with Crippen molar-refractivity contribution in [2.75, 3.05) is 4.72 Å². The van der Waals surface area contributed by atoms with Gasteiger partial charge in [-0.1, -0.05) is 23.6 Å². The van der Waals surface area contributed by atoms with E-state index in [-0.39, 0.29) is 11.0 Å². The molecular formula is C11H11ClFN3O3S. The average molecular weight is 320 g/mol. The molecule has 9 heteroatoms. The number of benzene rings is 1. The van der Waals surface area contributed by atoms with E-state index in [2.05, 4.69) is 14.9 Å². The molecule has 0 saturated heterocycles. The van der Waals surface area contributed by atoms with E-state index >= 15 is 0 Å². The lowest BCUT2D eigenvalue weighted by atomic mass is 10.3. The van der Waals surface area contributed by atoms with Gasteiger partial charge in [0.25, 0.3) is 10.0 Å². The first-order chi connectivity index (χ1) is 9.42. The van der Waals surface area contributed by atoms with Gasteiger partial charge in [0.15, 0.2) is 0 Å². The molecule has 0 bridgehead atoms. The van der Waals surface area contributed by atoms with Crippen LogP contribution in [0.25, 0.3) is 0 Å². The lowest BCUT2D eigenvalue weighted by Crippen LogP contribution is -2.14. The molecule has 0 fully saturated rings. The second-order valence-corrected chi connectivity index (χ2v) is 5.99. The number of hydrogen-bond acceptors (Lipinski definition) is 5. The molecule has 1 aromatic heterocycles. The summed E-state index contributed by atoms with van der Waals surface area (Å²) in [5.74, 6) is -0.400. The number of nitrogens with zero attached hydrogens (tertiary/aromatic N) is 2. The van der Waals surface area contributed by atoms with Crippen LogP contribution in [0.1, 0.15) is 19.2 Å². The van der Waals surface area contributed by atoms with E-state index in [0.29, 0.717) is 12.3 Å². The molecule has 0 aliphatic carbocycles. The van der Waals surface area contributed by atoms with E-state index in [4.69, 9.17) is 16.0 Å². The Morgan fingerprint density at radius 2 is 2.15 bits per heavy atom. The van der Waals surface area contributed by atoms with Crippen molar-refractivity contribution in [3.8, 4) is 0 Å². The zero-order valence-corrected chi connectivity index (χ0v) is 12.0. The average Bonchev–Trinajstić information content (AvgIpc) is 2.79. The Morgan fingerprint density at radius 1 is 1.40 bits per heavy atom. The van der Waals surface area contributed by atoms with Crippen LogP contribution in [0.15, 0.2) is 27.5 Å². The minimum absolute atomic E-state index is 0.104. The van der Waals surface area contributed by atoms with Gasteiger partial charge in [-0.3, -0.25) is 0 Å². The molecule has 1 N–H and O–H groups in total. The van der Waals surface area contributed by atoms with E-state index in [1.807, 2.05) is 6.92 Å². The zero-order chi connectivity index (χ0) is 14.8. The van der Waals surface area contributed by atoms with Crippen molar-refractivity contribution in [3.05, 3.63) is 34.9 Å². The Labute approximate surface area is 120 Å². The van der Waals surface area contributed by atoms with E-state index in [9.17, 15) is 12.8 Å². The Morgan fingerprint density at radius 3 is 2.85 bits per heavy atom. The Bertz CT molecular complexity index is 717. The van der Waals surface area contributed by atoms with E-state index in [1.165, 1.54) is 0 Å². The molecule has 1 aromatic carbocycles. The van der Waals surface area contributed by atoms with Gasteiger partial charge in [-0.2, -0.15) is 0 Å². The van der Waals surface area contributed by atoms with Crippen LogP contribution in [0.2, 0.25) is 5.02 Å². The van der Waals surface area contributed by atoms with Gasteiger partial charge in [-0.25, -0.2) is 17.5 Å². The number of aryl methyl sites for hydroxylation is 1. The van der Waals surface area contributed by atoms with E-state index in [1.54, 1.807) is 0 Å². The Balaban J connectivity index is 2.28. The lowest BCUT2D eigenvalue weighted by molar-refractivity contribution is 0.504. The molecule has 0 saturated carbocycles. The molecule has 2 rings (SSSR count). The molecule has 1 heterocycles. The van der Waals surface area contributed by atoms with Crippen LogP contribution in [-0.4, -0.2) is 18.6 Å². The smallest absolute Gasteiger partial charge is 0.329 e. The summed E-state index contributed by atoms with van der Waals surface area (Å²) in [4.78, 5) is -0.394. The summed E-state index contributed by atoms with van der Waals surface area (Å²) < 4.78 is 44.4. The minimum Gasteiger partial charge on any atom is -0.407 e. The van der Waals surface area contributed by atoms with Crippen LogP contribution in [0.5, 0.6) is 0 Å². The Hall–Kier alpha value is -1.67. The van der Waals surface area contributed by atoms with Crippen LogP contribution < -0.4 is 4.72 Å². The minimum atomic E-state index is -4.09. The predicted octanol–water partition coefficient (Wildman–Crippen LogP) is 2.62. The topological polar surface area (TPSA) is 85.1 Å². The van der Waals surface area contributed by atoms with Gasteiger partial charge in [-0.15, -0.1) is 5.10 Å². The summed E-state index contributed by atoms with van der Waals surface area (Å²) in [5.41, 5.74) is 0. The highest BCUT2D eigenvalue weighted by Crippen LogP contribution is 2.24. The maximum absolute atomic E-state index is 13.1. The predicted molar refractivity (Wildman–Crippen MR) is 70.5 cm³/mol. The number of anilines is 1. The molecule has 0 radical (unpaired) electrons. The van der Waals surface area contributed by atoms with Crippen molar-refractivity contribution in [1.29, 1.82) is 0 Å². The molecule has 0 amide bonds. The first kappa shape index (κ1) is 14.7. The number of hydrogen-bond donors (Lipinski definition) is 1. The van der Waals surface area contributed by atoms with Crippen molar-refractivity contribution in [2.24, 2.45) is 0 Å². The molecule has 0 spiro atoms. The quantitative estimate of drug-likeness (QED) is 0.915. The molecule has 0 unspecified atom stereocenters. The van der Waals surface area contributed by atoms with Crippen molar-refractivity contribution in [1.82, 2.24) is 10.2 Å². The fourth-order valence-corrected chi connectivity index (χ4v) is 2.90. The first-order valence-electron chi connectivity index (χ1n) is 5.72. The fourth-order valence-electron chi connectivity index (χ4n) is 1.46. The van der Waals surface area contributed by atoms with E-state index < -0.39 is 20.7 Å². The molecular weight excluding hydrogens is 309 g/mol. The maximum atomic E-state index is 13.1.